The van der Waals surface area contributed by atoms with Crippen molar-refractivity contribution in [1.29, 1.82) is 0 Å². The first-order valence-electron chi connectivity index (χ1n) is 5.56. The molecule has 0 amide bonds. The maximum atomic E-state index is 11.7. The van der Waals surface area contributed by atoms with E-state index in [1.54, 1.807) is 6.07 Å². The van der Waals surface area contributed by atoms with Crippen molar-refractivity contribution in [1.82, 2.24) is 0 Å². The summed E-state index contributed by atoms with van der Waals surface area (Å²) in [7, 11) is 0. The molecule has 0 saturated heterocycles. The lowest BCUT2D eigenvalue weighted by Crippen LogP contribution is -2.10. The van der Waals surface area contributed by atoms with E-state index in [0.717, 1.165) is 18.6 Å². The van der Waals surface area contributed by atoms with Gasteiger partial charge in [-0.05, 0) is 25.5 Å². The standard InChI is InChI=1S/C13H17BrO2/c1-3-4-8-16-12-7-5-6-11(9-12)13(15)10(2)14/h5-7,9-10H,3-4,8H2,1-2H3. The van der Waals surface area contributed by atoms with Gasteiger partial charge in [-0.25, -0.2) is 0 Å². The Bertz CT molecular complexity index is 348. The van der Waals surface area contributed by atoms with E-state index in [0.29, 0.717) is 12.2 Å². The Hall–Kier alpha value is -0.830. The Balaban J connectivity index is 2.67. The summed E-state index contributed by atoms with van der Waals surface area (Å²) in [5.41, 5.74) is 0.693. The highest BCUT2D eigenvalue weighted by Gasteiger charge is 2.12. The van der Waals surface area contributed by atoms with Gasteiger partial charge in [-0.1, -0.05) is 41.4 Å². The van der Waals surface area contributed by atoms with Gasteiger partial charge >= 0.3 is 0 Å². The lowest BCUT2D eigenvalue weighted by atomic mass is 10.1. The number of Topliss-reactive ketones (excluding diaryl/α,β-unsaturated/α-hetero) is 1. The van der Waals surface area contributed by atoms with Crippen molar-refractivity contribution in [3.05, 3.63) is 29.8 Å². The molecule has 3 heteroatoms. The molecule has 0 aromatic heterocycles. The van der Waals surface area contributed by atoms with Gasteiger partial charge in [0.15, 0.2) is 5.78 Å². The van der Waals surface area contributed by atoms with Crippen molar-refractivity contribution in [3.63, 3.8) is 0 Å². The normalized spacial score (nSPS) is 12.2. The van der Waals surface area contributed by atoms with Crippen LogP contribution in [0.4, 0.5) is 0 Å². The maximum Gasteiger partial charge on any atom is 0.176 e. The van der Waals surface area contributed by atoms with Crippen LogP contribution in [0.2, 0.25) is 0 Å². The zero-order valence-electron chi connectivity index (χ0n) is 9.70. The SMILES string of the molecule is CCCCOc1cccc(C(=O)C(C)Br)c1. The number of ketones is 1. The smallest absolute Gasteiger partial charge is 0.176 e. The molecule has 16 heavy (non-hydrogen) atoms. The molecule has 0 spiro atoms. The molecule has 1 unspecified atom stereocenters. The zero-order valence-corrected chi connectivity index (χ0v) is 11.3. The van der Waals surface area contributed by atoms with Crippen molar-refractivity contribution in [2.45, 2.75) is 31.5 Å². The van der Waals surface area contributed by atoms with E-state index in [4.69, 9.17) is 4.74 Å². The predicted octanol–water partition coefficient (Wildman–Crippen LogP) is 3.83. The van der Waals surface area contributed by atoms with Gasteiger partial charge in [-0.2, -0.15) is 0 Å². The van der Waals surface area contributed by atoms with Crippen molar-refractivity contribution in [2.24, 2.45) is 0 Å². The quantitative estimate of drug-likeness (QED) is 0.451. The maximum absolute atomic E-state index is 11.7. The molecule has 0 bridgehead atoms. The highest BCUT2D eigenvalue weighted by molar-refractivity contribution is 9.10. The molecule has 1 rings (SSSR count). The fourth-order valence-corrected chi connectivity index (χ4v) is 1.57. The highest BCUT2D eigenvalue weighted by Crippen LogP contribution is 2.17. The second-order valence-corrected chi connectivity index (χ2v) is 5.08. The van der Waals surface area contributed by atoms with Crippen LogP contribution in [0.3, 0.4) is 0 Å². The van der Waals surface area contributed by atoms with Crippen LogP contribution in [-0.4, -0.2) is 17.2 Å². The third-order valence-electron chi connectivity index (χ3n) is 2.25. The number of rotatable bonds is 6. The first-order valence-corrected chi connectivity index (χ1v) is 6.48. The number of carbonyl (C=O) groups is 1. The molecule has 2 nitrogen and oxygen atoms in total. The van der Waals surface area contributed by atoms with E-state index < -0.39 is 0 Å². The molecule has 0 saturated carbocycles. The summed E-state index contributed by atoms with van der Waals surface area (Å²) in [6.07, 6.45) is 2.14. The third-order valence-corrected chi connectivity index (χ3v) is 2.66. The number of ether oxygens (including phenoxy) is 1. The predicted molar refractivity (Wildman–Crippen MR) is 69.6 cm³/mol. The van der Waals surface area contributed by atoms with Gasteiger partial charge in [0.25, 0.3) is 0 Å². The second kappa shape index (κ2) is 6.69. The summed E-state index contributed by atoms with van der Waals surface area (Å²) in [6.45, 7) is 4.65. The summed E-state index contributed by atoms with van der Waals surface area (Å²) in [5, 5.41) is 0. The zero-order chi connectivity index (χ0) is 12.0. The van der Waals surface area contributed by atoms with Gasteiger partial charge < -0.3 is 4.74 Å². The number of alkyl halides is 1. The van der Waals surface area contributed by atoms with Gasteiger partial charge in [0.05, 0.1) is 11.4 Å². The van der Waals surface area contributed by atoms with Gasteiger partial charge in [0.2, 0.25) is 0 Å². The number of unbranched alkanes of at least 4 members (excludes halogenated alkanes) is 1. The molecule has 0 heterocycles. The highest BCUT2D eigenvalue weighted by atomic mass is 79.9. The summed E-state index contributed by atoms with van der Waals surface area (Å²) in [5.74, 6) is 0.855. The van der Waals surface area contributed by atoms with E-state index in [-0.39, 0.29) is 10.6 Å². The molecule has 88 valence electrons. The van der Waals surface area contributed by atoms with Crippen LogP contribution >= 0.6 is 15.9 Å². The lowest BCUT2D eigenvalue weighted by molar-refractivity contribution is 0.0995. The fraction of sp³-hybridized carbons (Fsp3) is 0.462. The molecule has 0 N–H and O–H groups in total. The number of carbonyl (C=O) groups excluding carboxylic acids is 1. The average molecular weight is 285 g/mol. The van der Waals surface area contributed by atoms with Crippen LogP contribution in [0.25, 0.3) is 0 Å². The van der Waals surface area contributed by atoms with Crippen LogP contribution in [0, 0.1) is 0 Å². The third kappa shape index (κ3) is 3.97. The van der Waals surface area contributed by atoms with E-state index in [2.05, 4.69) is 22.9 Å². The first kappa shape index (κ1) is 13.2. The molecule has 1 aromatic rings. The molecule has 1 atom stereocenters. The summed E-state index contributed by atoms with van der Waals surface area (Å²) in [4.78, 5) is 11.6. The van der Waals surface area contributed by atoms with Gasteiger partial charge in [0, 0.05) is 5.56 Å². The first-order chi connectivity index (χ1) is 7.65. The van der Waals surface area contributed by atoms with E-state index >= 15 is 0 Å². The van der Waals surface area contributed by atoms with Crippen molar-refractivity contribution >= 4 is 21.7 Å². The Kier molecular flexibility index (Phi) is 5.53. The van der Waals surface area contributed by atoms with E-state index in [9.17, 15) is 4.79 Å². The van der Waals surface area contributed by atoms with Crippen LogP contribution in [0.1, 0.15) is 37.0 Å². The number of halogens is 1. The van der Waals surface area contributed by atoms with Crippen molar-refractivity contribution in [2.75, 3.05) is 6.61 Å². The van der Waals surface area contributed by atoms with E-state index in [1.165, 1.54) is 0 Å². The molecule has 0 fully saturated rings. The monoisotopic (exact) mass is 284 g/mol. The molecule has 0 aliphatic carbocycles. The van der Waals surface area contributed by atoms with Crippen LogP contribution in [0.5, 0.6) is 5.75 Å². The van der Waals surface area contributed by atoms with Gasteiger partial charge in [-0.15, -0.1) is 0 Å². The Morgan fingerprint density at radius 1 is 1.50 bits per heavy atom. The molecule has 0 aliphatic heterocycles. The fourth-order valence-electron chi connectivity index (χ4n) is 1.30. The number of hydrogen-bond acceptors (Lipinski definition) is 2. The molecular weight excluding hydrogens is 268 g/mol. The average Bonchev–Trinajstić information content (AvgIpc) is 2.29. The molecule has 0 radical (unpaired) electrons. The minimum Gasteiger partial charge on any atom is -0.494 e. The van der Waals surface area contributed by atoms with Crippen LogP contribution in [0.15, 0.2) is 24.3 Å². The second-order valence-electron chi connectivity index (χ2n) is 3.71. The number of benzene rings is 1. The van der Waals surface area contributed by atoms with Crippen LogP contribution < -0.4 is 4.74 Å². The van der Waals surface area contributed by atoms with E-state index in [1.807, 2.05) is 25.1 Å². The summed E-state index contributed by atoms with van der Waals surface area (Å²) in [6, 6.07) is 7.34. The Morgan fingerprint density at radius 2 is 2.25 bits per heavy atom. The summed E-state index contributed by atoms with van der Waals surface area (Å²) < 4.78 is 5.55. The topological polar surface area (TPSA) is 26.3 Å². The molecule has 1 aromatic carbocycles. The Labute approximate surface area is 105 Å². The Morgan fingerprint density at radius 3 is 2.88 bits per heavy atom. The van der Waals surface area contributed by atoms with Crippen molar-refractivity contribution < 1.29 is 9.53 Å². The lowest BCUT2D eigenvalue weighted by Gasteiger charge is -2.07. The van der Waals surface area contributed by atoms with Crippen LogP contribution in [-0.2, 0) is 0 Å². The largest absolute Gasteiger partial charge is 0.494 e. The minimum atomic E-state index is -0.154. The van der Waals surface area contributed by atoms with Gasteiger partial charge in [0.1, 0.15) is 5.75 Å². The minimum absolute atomic E-state index is 0.0842. The molecule has 0 aliphatic rings. The van der Waals surface area contributed by atoms with Crippen molar-refractivity contribution in [3.8, 4) is 5.75 Å². The number of hydrogen-bond donors (Lipinski definition) is 0. The summed E-state index contributed by atoms with van der Waals surface area (Å²) >= 11 is 3.27. The van der Waals surface area contributed by atoms with Gasteiger partial charge in [-0.3, -0.25) is 4.79 Å². The molecular formula is C13H17BrO2.